The number of aromatic nitrogens is 4. The van der Waals surface area contributed by atoms with Gasteiger partial charge in [0.1, 0.15) is 16.3 Å². The molecule has 4 aromatic rings. The van der Waals surface area contributed by atoms with Gasteiger partial charge in [-0.25, -0.2) is 4.98 Å². The Kier molecular flexibility index (Phi) is 4.00. The first kappa shape index (κ1) is 17.1. The van der Waals surface area contributed by atoms with Crippen LogP contribution in [-0.2, 0) is 7.05 Å². The van der Waals surface area contributed by atoms with Crippen molar-refractivity contribution in [3.63, 3.8) is 0 Å². The molecule has 3 aromatic heterocycles. The molecule has 1 saturated heterocycles. The molecular formula is C20H18N6OS. The highest BCUT2D eigenvalue weighted by molar-refractivity contribution is 7.22. The maximum Gasteiger partial charge on any atom is 0.271 e. The van der Waals surface area contributed by atoms with Gasteiger partial charge in [-0.1, -0.05) is 0 Å². The van der Waals surface area contributed by atoms with E-state index in [-0.39, 0.29) is 11.6 Å². The summed E-state index contributed by atoms with van der Waals surface area (Å²) in [5.74, 6) is 0. The lowest BCUT2D eigenvalue weighted by molar-refractivity contribution is 0.359. The van der Waals surface area contributed by atoms with Gasteiger partial charge in [0.2, 0.25) is 0 Å². The lowest BCUT2D eigenvalue weighted by Crippen LogP contribution is -2.34. The van der Waals surface area contributed by atoms with Crippen LogP contribution in [0, 0.1) is 11.3 Å². The second kappa shape index (κ2) is 6.55. The normalized spacial score (nSPS) is 15.3. The average Bonchev–Trinajstić information content (AvgIpc) is 3.31. The van der Waals surface area contributed by atoms with Crippen molar-refractivity contribution >= 4 is 32.5 Å². The number of fused-ring (bicyclic) bond motifs is 2. The number of nitrogens with zero attached hydrogens (tertiary/aromatic N) is 5. The van der Waals surface area contributed by atoms with Crippen LogP contribution in [0.1, 0.15) is 24.4 Å². The zero-order valence-corrected chi connectivity index (χ0v) is 16.2. The van der Waals surface area contributed by atoms with Crippen molar-refractivity contribution in [1.29, 1.82) is 5.26 Å². The Balaban J connectivity index is 1.64. The second-order valence-electron chi connectivity index (χ2n) is 7.14. The zero-order chi connectivity index (χ0) is 19.3. The Morgan fingerprint density at radius 3 is 2.89 bits per heavy atom. The first-order valence-electron chi connectivity index (χ1n) is 9.23. The van der Waals surface area contributed by atoms with Crippen molar-refractivity contribution in [2.75, 3.05) is 13.1 Å². The van der Waals surface area contributed by atoms with Crippen LogP contribution < -0.4 is 10.9 Å². The molecule has 1 fully saturated rings. The van der Waals surface area contributed by atoms with E-state index in [1.165, 1.54) is 11.3 Å². The van der Waals surface area contributed by atoms with Gasteiger partial charge in [0, 0.05) is 29.5 Å². The van der Waals surface area contributed by atoms with Crippen LogP contribution in [0.3, 0.4) is 0 Å². The van der Waals surface area contributed by atoms with Crippen molar-refractivity contribution in [3.05, 3.63) is 46.6 Å². The van der Waals surface area contributed by atoms with Crippen LogP contribution in [0.15, 0.2) is 35.5 Å². The molecule has 0 saturated carbocycles. The number of hydrogen-bond donors (Lipinski definition) is 1. The predicted molar refractivity (Wildman–Crippen MR) is 109 cm³/mol. The van der Waals surface area contributed by atoms with E-state index in [2.05, 4.69) is 21.5 Å². The van der Waals surface area contributed by atoms with Crippen LogP contribution in [0.25, 0.3) is 31.6 Å². The highest BCUT2D eigenvalue weighted by Crippen LogP contribution is 2.34. The van der Waals surface area contributed by atoms with E-state index in [1.807, 2.05) is 31.4 Å². The van der Waals surface area contributed by atoms with E-state index in [0.717, 1.165) is 41.8 Å². The van der Waals surface area contributed by atoms with E-state index in [4.69, 9.17) is 0 Å². The van der Waals surface area contributed by atoms with Gasteiger partial charge in [-0.3, -0.25) is 14.0 Å². The molecule has 0 aliphatic carbocycles. The topological polar surface area (TPSA) is 88.5 Å². The Bertz CT molecular complexity index is 1300. The molecule has 0 spiro atoms. The summed E-state index contributed by atoms with van der Waals surface area (Å²) in [4.78, 5) is 18.5. The molecule has 1 aromatic carbocycles. The molecule has 1 N–H and O–H groups in total. The van der Waals surface area contributed by atoms with Crippen LogP contribution in [0.4, 0.5) is 0 Å². The molecule has 4 heterocycles. The van der Waals surface area contributed by atoms with Gasteiger partial charge in [-0.05, 0) is 49.7 Å². The largest absolute Gasteiger partial charge is 0.317 e. The number of benzene rings is 1. The molecule has 0 radical (unpaired) electrons. The fourth-order valence-electron chi connectivity index (χ4n) is 3.89. The van der Waals surface area contributed by atoms with Crippen molar-refractivity contribution < 1.29 is 0 Å². The number of nitrogens with one attached hydrogen (secondary N) is 1. The predicted octanol–water partition coefficient (Wildman–Crippen LogP) is 2.81. The summed E-state index contributed by atoms with van der Waals surface area (Å²) in [6.45, 7) is 1.85. The minimum Gasteiger partial charge on any atom is -0.317 e. The number of aryl methyl sites for hydroxylation is 1. The van der Waals surface area contributed by atoms with Crippen molar-refractivity contribution in [3.8, 4) is 16.5 Å². The van der Waals surface area contributed by atoms with E-state index in [1.54, 1.807) is 15.6 Å². The number of thiophene rings is 1. The van der Waals surface area contributed by atoms with Gasteiger partial charge in [-0.15, -0.1) is 11.3 Å². The Morgan fingerprint density at radius 2 is 2.11 bits per heavy atom. The summed E-state index contributed by atoms with van der Waals surface area (Å²) in [5, 5.41) is 18.1. The smallest absolute Gasteiger partial charge is 0.271 e. The molecule has 140 valence electrons. The lowest BCUT2D eigenvalue weighted by Gasteiger charge is -2.24. The molecule has 1 aliphatic rings. The Labute approximate surface area is 164 Å². The van der Waals surface area contributed by atoms with Gasteiger partial charge < -0.3 is 5.32 Å². The minimum absolute atomic E-state index is 0.0242. The second-order valence-corrected chi connectivity index (χ2v) is 8.19. The van der Waals surface area contributed by atoms with Crippen molar-refractivity contribution in [2.24, 2.45) is 7.05 Å². The van der Waals surface area contributed by atoms with Gasteiger partial charge in [0.25, 0.3) is 5.56 Å². The fraction of sp³-hybridized carbons (Fsp3) is 0.300. The molecule has 0 atom stereocenters. The van der Waals surface area contributed by atoms with Crippen LogP contribution in [-0.4, -0.2) is 32.4 Å². The molecule has 5 rings (SSSR count). The van der Waals surface area contributed by atoms with Gasteiger partial charge >= 0.3 is 0 Å². The molecule has 0 amide bonds. The summed E-state index contributed by atoms with van der Waals surface area (Å²) < 4.78 is 4.16. The number of piperidine rings is 1. The first-order chi connectivity index (χ1) is 13.6. The minimum atomic E-state index is 0.0242. The molecule has 8 heteroatoms. The Morgan fingerprint density at radius 1 is 1.29 bits per heavy atom. The van der Waals surface area contributed by atoms with Crippen LogP contribution in [0.2, 0.25) is 0 Å². The highest BCUT2D eigenvalue weighted by atomic mass is 32.1. The van der Waals surface area contributed by atoms with Crippen molar-refractivity contribution in [1.82, 2.24) is 24.6 Å². The molecule has 28 heavy (non-hydrogen) atoms. The molecule has 1 aliphatic heterocycles. The maximum atomic E-state index is 13.1. The third-order valence-electron chi connectivity index (χ3n) is 5.29. The van der Waals surface area contributed by atoms with E-state index in [0.29, 0.717) is 21.3 Å². The molecule has 7 nitrogen and oxygen atoms in total. The quantitative estimate of drug-likeness (QED) is 0.569. The van der Waals surface area contributed by atoms with E-state index >= 15 is 0 Å². The highest BCUT2D eigenvalue weighted by Gasteiger charge is 2.19. The maximum absolute atomic E-state index is 13.1. The summed E-state index contributed by atoms with van der Waals surface area (Å²) in [6.07, 6.45) is 5.46. The molecule has 0 bridgehead atoms. The standard InChI is InChI=1S/C20H18N6OS/c1-25-10-14-7-12(6-13(9-21)18(14)24-25)17-8-16-19(28-17)20(27)26(11-23-16)15-2-4-22-5-3-15/h6-8,10-11,15,22H,2-5H2,1H3. The van der Waals surface area contributed by atoms with Gasteiger partial charge in [-0.2, -0.15) is 10.4 Å². The van der Waals surface area contributed by atoms with Crippen molar-refractivity contribution in [2.45, 2.75) is 18.9 Å². The van der Waals surface area contributed by atoms with Crippen LogP contribution in [0.5, 0.6) is 0 Å². The van der Waals surface area contributed by atoms with E-state index in [9.17, 15) is 10.1 Å². The fourth-order valence-corrected chi connectivity index (χ4v) is 4.93. The third-order valence-corrected chi connectivity index (χ3v) is 6.45. The number of hydrogen-bond acceptors (Lipinski definition) is 6. The van der Waals surface area contributed by atoms with Gasteiger partial charge in [0.05, 0.1) is 17.4 Å². The zero-order valence-electron chi connectivity index (χ0n) is 15.3. The SMILES string of the molecule is Cn1cc2cc(-c3cc4ncn(C5CCNCC5)c(=O)c4s3)cc(C#N)c2n1. The number of rotatable bonds is 2. The monoisotopic (exact) mass is 390 g/mol. The Hall–Kier alpha value is -3.02. The first-order valence-corrected chi connectivity index (χ1v) is 10.0. The van der Waals surface area contributed by atoms with Crippen LogP contribution >= 0.6 is 11.3 Å². The number of nitriles is 1. The van der Waals surface area contributed by atoms with Gasteiger partial charge in [0.15, 0.2) is 0 Å². The summed E-state index contributed by atoms with van der Waals surface area (Å²) in [7, 11) is 1.84. The summed E-state index contributed by atoms with van der Waals surface area (Å²) in [5.41, 5.74) is 2.87. The molecule has 0 unspecified atom stereocenters. The third kappa shape index (κ3) is 2.71. The lowest BCUT2D eigenvalue weighted by atomic mass is 10.1. The van der Waals surface area contributed by atoms with E-state index < -0.39 is 0 Å². The molecular weight excluding hydrogens is 372 g/mol. The summed E-state index contributed by atoms with van der Waals surface area (Å²) >= 11 is 1.44. The average molecular weight is 390 g/mol. The summed E-state index contributed by atoms with van der Waals surface area (Å²) in [6, 6.07) is 8.22.